The first kappa shape index (κ1) is 17.0. The van der Waals surface area contributed by atoms with Crippen LogP contribution in [0, 0.1) is 6.92 Å². The molecule has 1 aromatic heterocycles. The summed E-state index contributed by atoms with van der Waals surface area (Å²) < 4.78 is 5.48. The second kappa shape index (κ2) is 6.72. The van der Waals surface area contributed by atoms with Crippen LogP contribution in [0.25, 0.3) is 0 Å². The predicted octanol–water partition coefficient (Wildman–Crippen LogP) is 2.44. The van der Waals surface area contributed by atoms with E-state index in [0.29, 0.717) is 17.7 Å². The van der Waals surface area contributed by atoms with Gasteiger partial charge in [-0.05, 0) is 49.8 Å². The second-order valence-electron chi connectivity index (χ2n) is 7.45. The quantitative estimate of drug-likeness (QED) is 0.917. The van der Waals surface area contributed by atoms with Crippen molar-refractivity contribution in [2.45, 2.75) is 57.2 Å². The molecule has 0 unspecified atom stereocenters. The summed E-state index contributed by atoms with van der Waals surface area (Å²) in [4.78, 5) is 27.4. The summed E-state index contributed by atoms with van der Waals surface area (Å²) in [6.07, 6.45) is 4.16. The van der Waals surface area contributed by atoms with Gasteiger partial charge in [0.05, 0.1) is 0 Å². The van der Waals surface area contributed by atoms with Gasteiger partial charge < -0.3 is 15.1 Å². The van der Waals surface area contributed by atoms with Crippen LogP contribution in [0.4, 0.5) is 0 Å². The van der Waals surface area contributed by atoms with E-state index in [2.05, 4.69) is 12.1 Å². The highest BCUT2D eigenvalue weighted by Gasteiger charge is 2.47. The maximum Gasteiger partial charge on any atom is 0.349 e. The van der Waals surface area contributed by atoms with Crippen LogP contribution in [0.1, 0.15) is 46.5 Å². The van der Waals surface area contributed by atoms with Gasteiger partial charge >= 0.3 is 5.63 Å². The Bertz CT molecular complexity index is 875. The number of hydrogen-bond donors (Lipinski definition) is 1. The summed E-state index contributed by atoms with van der Waals surface area (Å²) in [5, 5.41) is 0. The number of nitrogens with zero attached hydrogens (tertiary/aromatic N) is 1. The fourth-order valence-corrected chi connectivity index (χ4v) is 4.45. The average molecular weight is 352 g/mol. The molecular weight excluding hydrogens is 328 g/mol. The molecule has 0 aliphatic carbocycles. The zero-order valence-corrected chi connectivity index (χ0v) is 15.0. The van der Waals surface area contributed by atoms with E-state index in [0.717, 1.165) is 25.7 Å². The SMILES string of the molecule is Cc1cc(CCc2ccccc2)oc(=O)c1C(=O)N1[C@@H]2CC[C@H]1[C@H](N)C2. The topological polar surface area (TPSA) is 76.5 Å². The molecule has 2 aliphatic rings. The fraction of sp³-hybridized carbons (Fsp3) is 0.429. The molecule has 26 heavy (non-hydrogen) atoms. The maximum absolute atomic E-state index is 13.0. The highest BCUT2D eigenvalue weighted by Crippen LogP contribution is 2.37. The third-order valence-corrected chi connectivity index (χ3v) is 5.74. The van der Waals surface area contributed by atoms with Gasteiger partial charge in [-0.1, -0.05) is 30.3 Å². The highest BCUT2D eigenvalue weighted by atomic mass is 16.4. The molecule has 4 rings (SSSR count). The molecule has 0 spiro atoms. The number of amides is 1. The van der Waals surface area contributed by atoms with Crippen LogP contribution in [0.3, 0.4) is 0 Å². The summed E-state index contributed by atoms with van der Waals surface area (Å²) in [5.74, 6) is 0.403. The zero-order valence-electron chi connectivity index (χ0n) is 15.0. The van der Waals surface area contributed by atoms with E-state index in [4.69, 9.17) is 10.2 Å². The molecule has 2 N–H and O–H groups in total. The van der Waals surface area contributed by atoms with Crippen LogP contribution in [-0.2, 0) is 12.8 Å². The first-order valence-electron chi connectivity index (χ1n) is 9.30. The van der Waals surface area contributed by atoms with Crippen molar-refractivity contribution < 1.29 is 9.21 Å². The first-order valence-corrected chi connectivity index (χ1v) is 9.30. The summed E-state index contributed by atoms with van der Waals surface area (Å²) in [7, 11) is 0. The normalized spacial score (nSPS) is 24.2. The van der Waals surface area contributed by atoms with Crippen LogP contribution in [-0.4, -0.2) is 28.9 Å². The number of aryl methyl sites for hydroxylation is 3. The molecule has 2 saturated heterocycles. The fourth-order valence-electron chi connectivity index (χ4n) is 4.45. The molecule has 3 heterocycles. The molecule has 2 aromatic rings. The number of nitrogens with two attached hydrogens (primary N) is 1. The lowest BCUT2D eigenvalue weighted by Crippen LogP contribution is -2.42. The third kappa shape index (κ3) is 2.97. The molecule has 2 fully saturated rings. The lowest BCUT2D eigenvalue weighted by Gasteiger charge is -2.23. The van der Waals surface area contributed by atoms with Crippen molar-refractivity contribution in [2.75, 3.05) is 0 Å². The summed E-state index contributed by atoms with van der Waals surface area (Å²) in [5.41, 5.74) is 7.64. The Morgan fingerprint density at radius 3 is 2.62 bits per heavy atom. The summed E-state index contributed by atoms with van der Waals surface area (Å²) in [6, 6.07) is 12.1. The Balaban J connectivity index is 1.55. The van der Waals surface area contributed by atoms with Gasteiger partial charge in [0.25, 0.3) is 5.91 Å². The Hall–Kier alpha value is -2.40. The zero-order chi connectivity index (χ0) is 18.3. The molecule has 0 radical (unpaired) electrons. The summed E-state index contributed by atoms with van der Waals surface area (Å²) >= 11 is 0. The number of carbonyl (C=O) groups excluding carboxylic acids is 1. The predicted molar refractivity (Wildman–Crippen MR) is 99.1 cm³/mol. The minimum atomic E-state index is -0.530. The van der Waals surface area contributed by atoms with Crippen molar-refractivity contribution in [3.8, 4) is 0 Å². The molecule has 3 atom stereocenters. The molecule has 1 amide bonds. The van der Waals surface area contributed by atoms with Crippen molar-refractivity contribution in [1.82, 2.24) is 4.90 Å². The second-order valence-corrected chi connectivity index (χ2v) is 7.45. The van der Waals surface area contributed by atoms with Crippen LogP contribution >= 0.6 is 0 Å². The van der Waals surface area contributed by atoms with Gasteiger partial charge in [-0.15, -0.1) is 0 Å². The van der Waals surface area contributed by atoms with Crippen molar-refractivity contribution in [3.63, 3.8) is 0 Å². The van der Waals surface area contributed by atoms with Gasteiger partial charge in [0, 0.05) is 24.5 Å². The largest absolute Gasteiger partial charge is 0.427 e. The first-order chi connectivity index (χ1) is 12.5. The van der Waals surface area contributed by atoms with E-state index in [1.807, 2.05) is 36.1 Å². The molecule has 2 aliphatic heterocycles. The summed E-state index contributed by atoms with van der Waals surface area (Å²) in [6.45, 7) is 1.81. The van der Waals surface area contributed by atoms with Crippen molar-refractivity contribution in [1.29, 1.82) is 0 Å². The van der Waals surface area contributed by atoms with Crippen LogP contribution in [0.2, 0.25) is 0 Å². The van der Waals surface area contributed by atoms with E-state index < -0.39 is 5.63 Å². The molecular formula is C21H24N2O3. The average Bonchev–Trinajstić information content (AvgIpc) is 3.17. The van der Waals surface area contributed by atoms with Crippen molar-refractivity contribution in [2.24, 2.45) is 5.73 Å². The van der Waals surface area contributed by atoms with Crippen molar-refractivity contribution >= 4 is 5.91 Å². The lowest BCUT2D eigenvalue weighted by atomic mass is 9.96. The van der Waals surface area contributed by atoms with E-state index in [9.17, 15) is 9.59 Å². The highest BCUT2D eigenvalue weighted by molar-refractivity contribution is 5.96. The van der Waals surface area contributed by atoms with Crippen LogP contribution in [0.5, 0.6) is 0 Å². The Morgan fingerprint density at radius 2 is 2.00 bits per heavy atom. The van der Waals surface area contributed by atoms with Gasteiger partial charge in [-0.2, -0.15) is 0 Å². The Kier molecular flexibility index (Phi) is 4.41. The minimum absolute atomic E-state index is 0.0233. The number of hydrogen-bond acceptors (Lipinski definition) is 4. The number of rotatable bonds is 4. The van der Waals surface area contributed by atoms with Gasteiger partial charge in [0.2, 0.25) is 0 Å². The standard InChI is InChI=1S/C21H24N2O3/c1-13-11-16(9-7-14-5-3-2-4-6-14)26-21(25)19(13)20(24)23-15-8-10-18(23)17(22)12-15/h2-6,11,15,17-18H,7-10,12,22H2,1H3/t15-,17-,18+/m1/s1. The molecule has 136 valence electrons. The van der Waals surface area contributed by atoms with E-state index in [-0.39, 0.29) is 29.6 Å². The van der Waals surface area contributed by atoms with Gasteiger partial charge in [0.1, 0.15) is 11.3 Å². The number of benzene rings is 1. The minimum Gasteiger partial charge on any atom is -0.427 e. The van der Waals surface area contributed by atoms with Gasteiger partial charge in [0.15, 0.2) is 0 Å². The number of carbonyl (C=O) groups is 1. The monoisotopic (exact) mass is 352 g/mol. The molecule has 2 bridgehead atoms. The smallest absolute Gasteiger partial charge is 0.349 e. The molecule has 5 nitrogen and oxygen atoms in total. The number of fused-ring (bicyclic) bond motifs is 2. The van der Waals surface area contributed by atoms with Crippen LogP contribution < -0.4 is 11.4 Å². The lowest BCUT2D eigenvalue weighted by molar-refractivity contribution is 0.0720. The van der Waals surface area contributed by atoms with Gasteiger partial charge in [-0.3, -0.25) is 4.79 Å². The Morgan fingerprint density at radius 1 is 1.23 bits per heavy atom. The van der Waals surface area contributed by atoms with Crippen LogP contribution in [0.15, 0.2) is 45.6 Å². The maximum atomic E-state index is 13.0. The van der Waals surface area contributed by atoms with E-state index in [1.54, 1.807) is 0 Å². The Labute approximate surface area is 152 Å². The molecule has 5 heteroatoms. The van der Waals surface area contributed by atoms with E-state index in [1.165, 1.54) is 5.56 Å². The molecule has 1 aromatic carbocycles. The van der Waals surface area contributed by atoms with Crippen molar-refractivity contribution in [3.05, 3.63) is 69.3 Å². The van der Waals surface area contributed by atoms with Gasteiger partial charge in [-0.25, -0.2) is 4.79 Å². The molecule has 0 saturated carbocycles. The third-order valence-electron chi connectivity index (χ3n) is 5.74. The van der Waals surface area contributed by atoms with E-state index >= 15 is 0 Å².